The largest absolute Gasteiger partial charge is 0.392 e. The highest BCUT2D eigenvalue weighted by molar-refractivity contribution is 7.80. The van der Waals surface area contributed by atoms with E-state index in [4.69, 9.17) is 18.0 Å². The highest BCUT2D eigenvalue weighted by atomic mass is 32.1. The lowest BCUT2D eigenvalue weighted by Gasteiger charge is -2.34. The molecule has 1 aliphatic carbocycles. The van der Waals surface area contributed by atoms with Gasteiger partial charge >= 0.3 is 0 Å². The van der Waals surface area contributed by atoms with Gasteiger partial charge in [0.2, 0.25) is 5.91 Å². The summed E-state index contributed by atoms with van der Waals surface area (Å²) in [4.78, 5) is 12.6. The van der Waals surface area contributed by atoms with Crippen LogP contribution < -0.4 is 11.1 Å². The SMILES string of the molecule is NC(=S)C1(C(=O)Nc2ccc(F)c(F)c2)CCCCC1. The van der Waals surface area contributed by atoms with Crippen LogP contribution in [0.15, 0.2) is 18.2 Å². The molecule has 0 atom stereocenters. The summed E-state index contributed by atoms with van der Waals surface area (Å²) in [6.45, 7) is 0. The summed E-state index contributed by atoms with van der Waals surface area (Å²) in [5.74, 6) is -2.30. The summed E-state index contributed by atoms with van der Waals surface area (Å²) in [5, 5.41) is 2.59. The molecule has 0 saturated heterocycles. The van der Waals surface area contributed by atoms with Crippen molar-refractivity contribution in [2.75, 3.05) is 5.32 Å². The Morgan fingerprint density at radius 3 is 2.40 bits per heavy atom. The number of hydrogen-bond acceptors (Lipinski definition) is 2. The van der Waals surface area contributed by atoms with Gasteiger partial charge in [0.1, 0.15) is 0 Å². The van der Waals surface area contributed by atoms with Gasteiger partial charge in [0.15, 0.2) is 11.6 Å². The third-order valence-electron chi connectivity index (χ3n) is 3.79. The topological polar surface area (TPSA) is 55.1 Å². The molecule has 0 heterocycles. The van der Waals surface area contributed by atoms with Gasteiger partial charge in [-0.25, -0.2) is 8.78 Å². The highest BCUT2D eigenvalue weighted by Gasteiger charge is 2.42. The van der Waals surface area contributed by atoms with E-state index >= 15 is 0 Å². The third-order valence-corrected chi connectivity index (χ3v) is 4.18. The van der Waals surface area contributed by atoms with Crippen molar-refractivity contribution in [2.45, 2.75) is 32.1 Å². The maximum atomic E-state index is 13.1. The quantitative estimate of drug-likeness (QED) is 0.843. The van der Waals surface area contributed by atoms with Crippen LogP contribution in [0.1, 0.15) is 32.1 Å². The zero-order valence-electron chi connectivity index (χ0n) is 10.9. The molecule has 0 spiro atoms. The summed E-state index contributed by atoms with van der Waals surface area (Å²) >= 11 is 5.05. The molecule has 1 aromatic carbocycles. The normalized spacial score (nSPS) is 17.5. The monoisotopic (exact) mass is 298 g/mol. The van der Waals surface area contributed by atoms with Gasteiger partial charge in [-0.05, 0) is 25.0 Å². The average Bonchev–Trinajstić information content (AvgIpc) is 2.43. The zero-order chi connectivity index (χ0) is 14.8. The Bertz CT molecular complexity index is 542. The highest BCUT2D eigenvalue weighted by Crippen LogP contribution is 2.37. The minimum absolute atomic E-state index is 0.164. The molecule has 3 N–H and O–H groups in total. The molecule has 2 rings (SSSR count). The number of nitrogens with one attached hydrogen (secondary N) is 1. The van der Waals surface area contributed by atoms with E-state index in [0.29, 0.717) is 12.8 Å². The van der Waals surface area contributed by atoms with Crippen LogP contribution in [0.3, 0.4) is 0 Å². The molecule has 6 heteroatoms. The van der Waals surface area contributed by atoms with Gasteiger partial charge in [0.25, 0.3) is 0 Å². The zero-order valence-corrected chi connectivity index (χ0v) is 11.7. The molecule has 0 bridgehead atoms. The van der Waals surface area contributed by atoms with Gasteiger partial charge < -0.3 is 11.1 Å². The molecule has 0 aromatic heterocycles. The molecule has 1 aromatic rings. The smallest absolute Gasteiger partial charge is 0.237 e. The second-order valence-electron chi connectivity index (χ2n) is 5.09. The van der Waals surface area contributed by atoms with Crippen molar-refractivity contribution in [3.63, 3.8) is 0 Å². The van der Waals surface area contributed by atoms with E-state index in [-0.39, 0.29) is 16.6 Å². The van der Waals surface area contributed by atoms with Crippen molar-refractivity contribution in [3.05, 3.63) is 29.8 Å². The minimum Gasteiger partial charge on any atom is -0.392 e. The van der Waals surface area contributed by atoms with E-state index < -0.39 is 17.0 Å². The Morgan fingerprint density at radius 2 is 1.85 bits per heavy atom. The average molecular weight is 298 g/mol. The number of halogens is 2. The Labute approximate surface area is 121 Å². The first-order valence-corrected chi connectivity index (χ1v) is 6.93. The Balaban J connectivity index is 2.20. The minimum atomic E-state index is -1.00. The van der Waals surface area contributed by atoms with Crippen LogP contribution >= 0.6 is 12.2 Å². The van der Waals surface area contributed by atoms with Crippen molar-refractivity contribution >= 4 is 28.8 Å². The van der Waals surface area contributed by atoms with Gasteiger partial charge in [-0.3, -0.25) is 4.79 Å². The summed E-state index contributed by atoms with van der Waals surface area (Å²) in [5.41, 5.74) is 5.07. The lowest BCUT2D eigenvalue weighted by Crippen LogP contribution is -2.47. The molecule has 3 nitrogen and oxygen atoms in total. The molecule has 1 aliphatic rings. The van der Waals surface area contributed by atoms with Crippen molar-refractivity contribution in [1.82, 2.24) is 0 Å². The molecule has 0 unspecified atom stereocenters. The van der Waals surface area contributed by atoms with E-state index in [2.05, 4.69) is 5.32 Å². The maximum absolute atomic E-state index is 13.1. The molecular weight excluding hydrogens is 282 g/mol. The standard InChI is InChI=1S/C14H16F2N2OS/c15-10-5-4-9(8-11(10)16)18-13(19)14(12(17)20)6-2-1-3-7-14/h4-5,8H,1-3,6-7H2,(H2,17,20)(H,18,19). The fourth-order valence-corrected chi connectivity index (χ4v) is 2.86. The van der Waals surface area contributed by atoms with E-state index in [1.807, 2.05) is 0 Å². The maximum Gasteiger partial charge on any atom is 0.237 e. The summed E-state index contributed by atoms with van der Waals surface area (Å²) in [6, 6.07) is 3.23. The second kappa shape index (κ2) is 5.83. The number of anilines is 1. The van der Waals surface area contributed by atoms with Crippen LogP contribution in [-0.2, 0) is 4.79 Å². The molecule has 1 amide bonds. The van der Waals surface area contributed by atoms with Crippen LogP contribution in [0.5, 0.6) is 0 Å². The van der Waals surface area contributed by atoms with Crippen molar-refractivity contribution in [2.24, 2.45) is 11.1 Å². The van der Waals surface area contributed by atoms with Crippen LogP contribution in [0, 0.1) is 17.0 Å². The van der Waals surface area contributed by atoms with E-state index in [0.717, 1.165) is 31.4 Å². The van der Waals surface area contributed by atoms with Crippen molar-refractivity contribution in [1.29, 1.82) is 0 Å². The first-order chi connectivity index (χ1) is 9.45. The number of benzene rings is 1. The lowest BCUT2D eigenvalue weighted by molar-refractivity contribution is -0.123. The summed E-state index contributed by atoms with van der Waals surface area (Å²) in [7, 11) is 0. The number of amides is 1. The summed E-state index contributed by atoms with van der Waals surface area (Å²) < 4.78 is 26.0. The second-order valence-corrected chi connectivity index (χ2v) is 5.53. The molecule has 1 fully saturated rings. The molecule has 108 valence electrons. The fraction of sp³-hybridized carbons (Fsp3) is 0.429. The molecule has 0 aliphatic heterocycles. The van der Waals surface area contributed by atoms with E-state index in [1.165, 1.54) is 6.07 Å². The van der Waals surface area contributed by atoms with Crippen LogP contribution in [0.4, 0.5) is 14.5 Å². The number of hydrogen-bond donors (Lipinski definition) is 2. The molecule has 20 heavy (non-hydrogen) atoms. The molecule has 1 saturated carbocycles. The van der Waals surface area contributed by atoms with Gasteiger partial charge in [0.05, 0.1) is 10.4 Å². The number of carbonyl (C=O) groups is 1. The molecule has 0 radical (unpaired) electrons. The Hall–Kier alpha value is -1.56. The van der Waals surface area contributed by atoms with Gasteiger partial charge in [-0.1, -0.05) is 31.5 Å². The van der Waals surface area contributed by atoms with Gasteiger partial charge in [0, 0.05) is 11.8 Å². The van der Waals surface area contributed by atoms with Crippen LogP contribution in [0.25, 0.3) is 0 Å². The van der Waals surface area contributed by atoms with Gasteiger partial charge in [-0.15, -0.1) is 0 Å². The summed E-state index contributed by atoms with van der Waals surface area (Å²) in [6.07, 6.45) is 3.99. The van der Waals surface area contributed by atoms with E-state index in [1.54, 1.807) is 0 Å². The van der Waals surface area contributed by atoms with Crippen LogP contribution in [0.2, 0.25) is 0 Å². The van der Waals surface area contributed by atoms with E-state index in [9.17, 15) is 13.6 Å². The van der Waals surface area contributed by atoms with Gasteiger partial charge in [-0.2, -0.15) is 0 Å². The lowest BCUT2D eigenvalue weighted by atomic mass is 9.73. The third kappa shape index (κ3) is 2.80. The van der Waals surface area contributed by atoms with Crippen LogP contribution in [-0.4, -0.2) is 10.9 Å². The Kier molecular flexibility index (Phi) is 4.32. The number of rotatable bonds is 3. The van der Waals surface area contributed by atoms with Crippen molar-refractivity contribution in [3.8, 4) is 0 Å². The first kappa shape index (κ1) is 14.8. The predicted molar refractivity (Wildman–Crippen MR) is 77.3 cm³/mol. The first-order valence-electron chi connectivity index (χ1n) is 6.52. The molecular formula is C14H16F2N2OS. The number of nitrogens with two attached hydrogens (primary N) is 1. The van der Waals surface area contributed by atoms with Crippen molar-refractivity contribution < 1.29 is 13.6 Å². The predicted octanol–water partition coefficient (Wildman–Crippen LogP) is 3.14. The fourth-order valence-electron chi connectivity index (χ4n) is 2.57. The Morgan fingerprint density at radius 1 is 1.20 bits per heavy atom. The number of carbonyl (C=O) groups excluding carboxylic acids is 1. The number of thiocarbonyl (C=S) groups is 1.